The Morgan fingerprint density at radius 3 is 1.94 bits per heavy atom. The molecular weight excluding hydrogens is 446 g/mol. The van der Waals surface area contributed by atoms with Gasteiger partial charge in [0.05, 0.1) is 10.5 Å². The third-order valence-electron chi connectivity index (χ3n) is 5.30. The summed E-state index contributed by atoms with van der Waals surface area (Å²) in [4.78, 5) is 5.41. The summed E-state index contributed by atoms with van der Waals surface area (Å²) in [6.45, 7) is 0.256. The monoisotopic (exact) mass is 465 g/mol. The van der Waals surface area contributed by atoms with E-state index in [9.17, 15) is 26.0 Å². The van der Waals surface area contributed by atoms with Gasteiger partial charge in [-0.3, -0.25) is 0 Å². The lowest BCUT2D eigenvalue weighted by molar-refractivity contribution is -0.137. The van der Waals surface area contributed by atoms with E-state index >= 15 is 0 Å². The minimum atomic E-state index is -4.54. The molecule has 5 nitrogen and oxygen atoms in total. The Labute approximate surface area is 183 Å². The first-order chi connectivity index (χ1) is 15.2. The highest BCUT2D eigenvalue weighted by Crippen LogP contribution is 2.35. The quantitative estimate of drug-likeness (QED) is 0.536. The van der Waals surface area contributed by atoms with Gasteiger partial charge in [0, 0.05) is 32.4 Å². The van der Waals surface area contributed by atoms with Gasteiger partial charge >= 0.3 is 6.18 Å². The molecule has 3 aromatic rings. The zero-order valence-electron chi connectivity index (χ0n) is 16.8. The van der Waals surface area contributed by atoms with E-state index in [4.69, 9.17) is 0 Å². The molecule has 0 saturated carbocycles. The van der Waals surface area contributed by atoms with Crippen molar-refractivity contribution in [2.24, 2.45) is 0 Å². The summed E-state index contributed by atoms with van der Waals surface area (Å²) in [6.07, 6.45) is -3.25. The Kier molecular flexibility index (Phi) is 5.91. The smallest absolute Gasteiger partial charge is 0.353 e. The van der Waals surface area contributed by atoms with Crippen LogP contribution in [-0.4, -0.2) is 43.9 Å². The second-order valence-electron chi connectivity index (χ2n) is 7.29. The predicted octanol–water partition coefficient (Wildman–Crippen LogP) is 4.42. The van der Waals surface area contributed by atoms with E-state index in [0.717, 1.165) is 17.2 Å². The lowest BCUT2D eigenvalue weighted by atomic mass is 10.1. The molecule has 0 N–H and O–H groups in total. The molecule has 10 heteroatoms. The number of aromatic nitrogens is 1. The number of rotatable bonds is 4. The van der Waals surface area contributed by atoms with Crippen molar-refractivity contribution in [2.75, 3.05) is 31.1 Å². The number of piperazine rings is 1. The number of anilines is 1. The minimum Gasteiger partial charge on any atom is -0.353 e. The molecule has 1 aliphatic heterocycles. The third kappa shape index (κ3) is 4.46. The van der Waals surface area contributed by atoms with Gasteiger partial charge in [0.15, 0.2) is 0 Å². The van der Waals surface area contributed by atoms with E-state index < -0.39 is 21.8 Å². The van der Waals surface area contributed by atoms with Crippen LogP contribution in [0.15, 0.2) is 71.8 Å². The minimum absolute atomic E-state index is 0.0376. The predicted molar refractivity (Wildman–Crippen MR) is 112 cm³/mol. The van der Waals surface area contributed by atoms with Crippen LogP contribution in [0.2, 0.25) is 0 Å². The fourth-order valence-corrected chi connectivity index (χ4v) is 5.04. The number of hydrogen-bond acceptors (Lipinski definition) is 4. The van der Waals surface area contributed by atoms with Crippen molar-refractivity contribution in [1.82, 2.24) is 9.29 Å². The first-order valence-corrected chi connectivity index (χ1v) is 11.2. The van der Waals surface area contributed by atoms with E-state index in [0.29, 0.717) is 0 Å². The van der Waals surface area contributed by atoms with Crippen molar-refractivity contribution in [3.63, 3.8) is 0 Å². The molecule has 1 aromatic heterocycles. The lowest BCUT2D eigenvalue weighted by Crippen LogP contribution is -2.49. The molecule has 32 heavy (non-hydrogen) atoms. The van der Waals surface area contributed by atoms with Crippen LogP contribution < -0.4 is 4.90 Å². The van der Waals surface area contributed by atoms with E-state index in [2.05, 4.69) is 4.98 Å². The molecule has 0 amide bonds. The first kappa shape index (κ1) is 22.2. The van der Waals surface area contributed by atoms with E-state index in [1.54, 1.807) is 24.3 Å². The van der Waals surface area contributed by atoms with E-state index in [1.165, 1.54) is 45.7 Å². The van der Waals surface area contributed by atoms with Crippen molar-refractivity contribution in [1.29, 1.82) is 0 Å². The average molecular weight is 465 g/mol. The van der Waals surface area contributed by atoms with Gasteiger partial charge < -0.3 is 4.90 Å². The van der Waals surface area contributed by atoms with Gasteiger partial charge in [0.25, 0.3) is 0 Å². The molecule has 2 aromatic carbocycles. The molecule has 0 unspecified atom stereocenters. The molecule has 1 fully saturated rings. The lowest BCUT2D eigenvalue weighted by Gasteiger charge is -2.35. The highest BCUT2D eigenvalue weighted by molar-refractivity contribution is 7.89. The summed E-state index contributed by atoms with van der Waals surface area (Å²) >= 11 is 0. The van der Waals surface area contributed by atoms with E-state index in [1.807, 2.05) is 0 Å². The fraction of sp³-hybridized carbons (Fsp3) is 0.227. The van der Waals surface area contributed by atoms with Crippen molar-refractivity contribution >= 4 is 15.8 Å². The summed E-state index contributed by atoms with van der Waals surface area (Å²) in [5.41, 5.74) is 0.649. The highest BCUT2D eigenvalue weighted by atomic mass is 32.2. The third-order valence-corrected chi connectivity index (χ3v) is 7.21. The Hall–Kier alpha value is -2.98. The molecule has 0 spiro atoms. The maximum atomic E-state index is 13.3. The summed E-state index contributed by atoms with van der Waals surface area (Å²) in [5.74, 6) is -0.555. The van der Waals surface area contributed by atoms with Crippen LogP contribution in [0.3, 0.4) is 0 Å². The topological polar surface area (TPSA) is 53.5 Å². The molecule has 2 heterocycles. The fourth-order valence-electron chi connectivity index (χ4n) is 3.62. The molecule has 0 atom stereocenters. The standard InChI is InChI=1S/C22H19F4N3O2S/c23-18-7-3-16(4-8-18)17-5-9-19(10-6-17)32(30,31)29-14-12-28(13-15-29)21-20(22(24,25)26)2-1-11-27-21/h1-11H,12-15H2. The second-order valence-corrected chi connectivity index (χ2v) is 9.23. The van der Waals surface area contributed by atoms with Crippen LogP contribution >= 0.6 is 0 Å². The molecule has 0 bridgehead atoms. The number of hydrogen-bond donors (Lipinski definition) is 0. The van der Waals surface area contributed by atoms with Crippen LogP contribution in [0.25, 0.3) is 11.1 Å². The summed E-state index contributed by atoms with van der Waals surface area (Å²) in [5, 5.41) is 0. The van der Waals surface area contributed by atoms with Crippen molar-refractivity contribution in [3.8, 4) is 11.1 Å². The van der Waals surface area contributed by atoms with Crippen LogP contribution in [0, 0.1) is 5.82 Å². The summed E-state index contributed by atoms with van der Waals surface area (Å²) < 4.78 is 80.2. The van der Waals surface area contributed by atoms with Crippen LogP contribution in [-0.2, 0) is 16.2 Å². The number of sulfonamides is 1. The normalized spacial score (nSPS) is 15.7. The number of alkyl halides is 3. The van der Waals surface area contributed by atoms with Crippen molar-refractivity contribution < 1.29 is 26.0 Å². The van der Waals surface area contributed by atoms with Crippen LogP contribution in [0.1, 0.15) is 5.56 Å². The summed E-state index contributed by atoms with van der Waals surface area (Å²) in [6, 6.07) is 14.3. The molecule has 0 radical (unpaired) electrons. The maximum absolute atomic E-state index is 13.3. The van der Waals surface area contributed by atoms with Gasteiger partial charge in [0.2, 0.25) is 10.0 Å². The molecular formula is C22H19F4N3O2S. The Morgan fingerprint density at radius 2 is 1.38 bits per heavy atom. The van der Waals surface area contributed by atoms with Gasteiger partial charge in [-0.2, -0.15) is 17.5 Å². The van der Waals surface area contributed by atoms with Crippen LogP contribution in [0.4, 0.5) is 23.4 Å². The zero-order chi connectivity index (χ0) is 22.9. The number of benzene rings is 2. The van der Waals surface area contributed by atoms with Gasteiger partial charge in [0.1, 0.15) is 11.6 Å². The Balaban J connectivity index is 1.48. The zero-order valence-corrected chi connectivity index (χ0v) is 17.6. The molecule has 168 valence electrons. The number of nitrogens with zero attached hydrogens (tertiary/aromatic N) is 3. The van der Waals surface area contributed by atoms with Gasteiger partial charge in [-0.05, 0) is 47.5 Å². The summed E-state index contributed by atoms with van der Waals surface area (Å²) in [7, 11) is -3.81. The van der Waals surface area contributed by atoms with Crippen molar-refractivity contribution in [2.45, 2.75) is 11.1 Å². The van der Waals surface area contributed by atoms with Crippen molar-refractivity contribution in [3.05, 3.63) is 78.2 Å². The van der Waals surface area contributed by atoms with Crippen LogP contribution in [0.5, 0.6) is 0 Å². The van der Waals surface area contributed by atoms with Gasteiger partial charge in [-0.15, -0.1) is 0 Å². The highest BCUT2D eigenvalue weighted by Gasteiger charge is 2.37. The van der Waals surface area contributed by atoms with E-state index in [-0.39, 0.29) is 42.7 Å². The van der Waals surface area contributed by atoms with Gasteiger partial charge in [-0.1, -0.05) is 24.3 Å². The number of halogens is 4. The SMILES string of the molecule is O=S(=O)(c1ccc(-c2ccc(F)cc2)cc1)N1CCN(c2ncccc2C(F)(F)F)CC1. The molecule has 0 aliphatic carbocycles. The van der Waals surface area contributed by atoms with Gasteiger partial charge in [-0.25, -0.2) is 17.8 Å². The molecule has 1 aliphatic rings. The maximum Gasteiger partial charge on any atom is 0.419 e. The first-order valence-electron chi connectivity index (χ1n) is 9.79. The average Bonchev–Trinajstić information content (AvgIpc) is 2.79. The Morgan fingerprint density at radius 1 is 0.812 bits per heavy atom. The largest absolute Gasteiger partial charge is 0.419 e. The Bertz CT molecular complexity index is 1190. The molecule has 1 saturated heterocycles. The second kappa shape index (κ2) is 8.51. The number of pyridine rings is 1. The molecule has 4 rings (SSSR count).